The highest BCUT2D eigenvalue weighted by molar-refractivity contribution is 7.99. The smallest absolute Gasteiger partial charge is 0.103 e. The van der Waals surface area contributed by atoms with Crippen molar-refractivity contribution in [2.75, 3.05) is 37.7 Å². The normalized spacial score (nSPS) is 18.9. The van der Waals surface area contributed by atoms with Crippen molar-refractivity contribution in [3.8, 4) is 0 Å². The van der Waals surface area contributed by atoms with Crippen molar-refractivity contribution in [3.63, 3.8) is 0 Å². The Morgan fingerprint density at radius 3 is 3.00 bits per heavy atom. The molecule has 1 aliphatic rings. The van der Waals surface area contributed by atoms with Crippen molar-refractivity contribution in [1.82, 2.24) is 10.2 Å². The summed E-state index contributed by atoms with van der Waals surface area (Å²) in [4.78, 5) is 2.56. The third-order valence-electron chi connectivity index (χ3n) is 3.43. The molecule has 2 rings (SSSR count). The average molecular weight is 268 g/mol. The summed E-state index contributed by atoms with van der Waals surface area (Å²) in [5.74, 6) is 3.69. The summed E-state index contributed by atoms with van der Waals surface area (Å²) in [6, 6.07) is 4.58. The Morgan fingerprint density at radius 2 is 2.28 bits per heavy atom. The van der Waals surface area contributed by atoms with E-state index in [9.17, 15) is 0 Å². The molecule has 18 heavy (non-hydrogen) atoms. The summed E-state index contributed by atoms with van der Waals surface area (Å²) in [7, 11) is 0. The molecule has 102 valence electrons. The lowest BCUT2D eigenvalue weighted by Gasteiger charge is -2.26. The minimum Gasteiger partial charge on any atom is -0.469 e. The highest BCUT2D eigenvalue weighted by Crippen LogP contribution is 2.08. The van der Waals surface area contributed by atoms with E-state index < -0.39 is 0 Å². The molecule has 1 unspecified atom stereocenters. The molecule has 1 aromatic heterocycles. The highest BCUT2D eigenvalue weighted by Gasteiger charge is 2.10. The first-order valence-electron chi connectivity index (χ1n) is 6.90. The van der Waals surface area contributed by atoms with Crippen molar-refractivity contribution in [2.24, 2.45) is 0 Å². The molecule has 2 heterocycles. The molecule has 0 bridgehead atoms. The van der Waals surface area contributed by atoms with Gasteiger partial charge in [0, 0.05) is 50.1 Å². The molecule has 1 N–H and O–H groups in total. The monoisotopic (exact) mass is 268 g/mol. The van der Waals surface area contributed by atoms with Crippen LogP contribution in [0.2, 0.25) is 0 Å². The van der Waals surface area contributed by atoms with E-state index in [0.717, 1.165) is 25.1 Å². The highest BCUT2D eigenvalue weighted by atomic mass is 32.2. The zero-order valence-electron chi connectivity index (χ0n) is 11.2. The zero-order chi connectivity index (χ0) is 12.6. The van der Waals surface area contributed by atoms with E-state index in [1.165, 1.54) is 31.1 Å². The van der Waals surface area contributed by atoms with Gasteiger partial charge in [-0.3, -0.25) is 0 Å². The summed E-state index contributed by atoms with van der Waals surface area (Å²) in [6.07, 6.45) is 3.92. The molecule has 1 aliphatic heterocycles. The molecule has 4 heteroatoms. The lowest BCUT2D eigenvalue weighted by molar-refractivity contribution is 0.294. The molecule has 3 nitrogen and oxygen atoms in total. The van der Waals surface area contributed by atoms with Gasteiger partial charge in [0.2, 0.25) is 0 Å². The second-order valence-electron chi connectivity index (χ2n) is 4.93. The van der Waals surface area contributed by atoms with E-state index in [2.05, 4.69) is 35.0 Å². The summed E-state index contributed by atoms with van der Waals surface area (Å²) in [5.41, 5.74) is 0. The van der Waals surface area contributed by atoms with Crippen LogP contribution >= 0.6 is 11.8 Å². The molecular weight excluding hydrogens is 244 g/mol. The molecular formula is C14H24N2OS. The Balaban J connectivity index is 1.52. The van der Waals surface area contributed by atoms with Crippen LogP contribution in [0.5, 0.6) is 0 Å². The van der Waals surface area contributed by atoms with E-state index in [-0.39, 0.29) is 0 Å². The number of furan rings is 1. The number of thioether (sulfide) groups is 1. The third-order valence-corrected chi connectivity index (χ3v) is 4.37. The third kappa shape index (κ3) is 5.04. The molecule has 0 saturated carbocycles. The Kier molecular flexibility index (Phi) is 6.11. The number of nitrogens with zero attached hydrogens (tertiary/aromatic N) is 1. The predicted octanol–water partition coefficient (Wildman–Crippen LogP) is 2.24. The second kappa shape index (κ2) is 7.87. The fourth-order valence-electron chi connectivity index (χ4n) is 2.21. The van der Waals surface area contributed by atoms with E-state index in [4.69, 9.17) is 4.42 Å². The van der Waals surface area contributed by atoms with Gasteiger partial charge >= 0.3 is 0 Å². The lowest BCUT2D eigenvalue weighted by atomic mass is 10.1. The summed E-state index contributed by atoms with van der Waals surface area (Å²) in [6.45, 7) is 7.06. The van der Waals surface area contributed by atoms with Crippen molar-refractivity contribution >= 4 is 11.8 Å². The largest absolute Gasteiger partial charge is 0.469 e. The quantitative estimate of drug-likeness (QED) is 0.821. The van der Waals surface area contributed by atoms with Crippen LogP contribution in [-0.2, 0) is 6.42 Å². The van der Waals surface area contributed by atoms with Crippen LogP contribution in [-0.4, -0.2) is 48.6 Å². The first kappa shape index (κ1) is 14.0. The van der Waals surface area contributed by atoms with Crippen molar-refractivity contribution in [2.45, 2.75) is 25.8 Å². The number of nitrogens with one attached hydrogen (secondary N) is 1. The SMILES string of the molecule is CC(CCc1ccco1)NCCN1CCSCC1. The molecule has 1 saturated heterocycles. The van der Waals surface area contributed by atoms with Gasteiger partial charge in [-0.2, -0.15) is 11.8 Å². The molecule has 0 amide bonds. The van der Waals surface area contributed by atoms with Gasteiger partial charge in [0.25, 0.3) is 0 Å². The first-order valence-corrected chi connectivity index (χ1v) is 8.06. The van der Waals surface area contributed by atoms with Crippen LogP contribution < -0.4 is 5.32 Å². The van der Waals surface area contributed by atoms with Crippen LogP contribution in [0.4, 0.5) is 0 Å². The van der Waals surface area contributed by atoms with E-state index in [1.807, 2.05) is 6.07 Å². The van der Waals surface area contributed by atoms with Gasteiger partial charge < -0.3 is 14.6 Å². The van der Waals surface area contributed by atoms with Crippen LogP contribution in [0, 0.1) is 0 Å². The number of hydrogen-bond acceptors (Lipinski definition) is 4. The molecule has 1 aromatic rings. The Hall–Kier alpha value is -0.450. The van der Waals surface area contributed by atoms with Gasteiger partial charge in [-0.05, 0) is 25.5 Å². The fraction of sp³-hybridized carbons (Fsp3) is 0.714. The minimum atomic E-state index is 0.564. The van der Waals surface area contributed by atoms with Crippen molar-refractivity contribution < 1.29 is 4.42 Å². The Morgan fingerprint density at radius 1 is 1.44 bits per heavy atom. The molecule has 0 spiro atoms. The maximum atomic E-state index is 5.35. The fourth-order valence-corrected chi connectivity index (χ4v) is 3.19. The van der Waals surface area contributed by atoms with E-state index in [1.54, 1.807) is 6.26 Å². The van der Waals surface area contributed by atoms with Crippen molar-refractivity contribution in [1.29, 1.82) is 0 Å². The maximum absolute atomic E-state index is 5.35. The summed E-state index contributed by atoms with van der Waals surface area (Å²) < 4.78 is 5.35. The van der Waals surface area contributed by atoms with Crippen molar-refractivity contribution in [3.05, 3.63) is 24.2 Å². The second-order valence-corrected chi connectivity index (χ2v) is 6.15. The average Bonchev–Trinajstić information content (AvgIpc) is 2.91. The van der Waals surface area contributed by atoms with Crippen LogP contribution in [0.3, 0.4) is 0 Å². The van der Waals surface area contributed by atoms with Crippen LogP contribution in [0.15, 0.2) is 22.8 Å². The van der Waals surface area contributed by atoms with E-state index >= 15 is 0 Å². The molecule has 0 radical (unpaired) electrons. The Labute approximate surface area is 114 Å². The standard InChI is InChI=1S/C14H24N2OS/c1-13(4-5-14-3-2-10-17-14)15-6-7-16-8-11-18-12-9-16/h2-3,10,13,15H,4-9,11-12H2,1H3. The summed E-state index contributed by atoms with van der Waals surface area (Å²) in [5, 5.41) is 3.60. The molecule has 1 fully saturated rings. The van der Waals surface area contributed by atoms with Crippen LogP contribution in [0.1, 0.15) is 19.1 Å². The van der Waals surface area contributed by atoms with Gasteiger partial charge in [0.05, 0.1) is 6.26 Å². The predicted molar refractivity (Wildman–Crippen MR) is 78.3 cm³/mol. The lowest BCUT2D eigenvalue weighted by Crippen LogP contribution is -2.39. The van der Waals surface area contributed by atoms with Crippen LogP contribution in [0.25, 0.3) is 0 Å². The number of hydrogen-bond donors (Lipinski definition) is 1. The van der Waals surface area contributed by atoms with Gasteiger partial charge in [0.15, 0.2) is 0 Å². The minimum absolute atomic E-state index is 0.564. The maximum Gasteiger partial charge on any atom is 0.103 e. The van der Waals surface area contributed by atoms with E-state index in [0.29, 0.717) is 6.04 Å². The molecule has 0 aromatic carbocycles. The number of aryl methyl sites for hydroxylation is 1. The van der Waals surface area contributed by atoms with Gasteiger partial charge in [-0.1, -0.05) is 0 Å². The first-order chi connectivity index (χ1) is 8.84. The van der Waals surface area contributed by atoms with Gasteiger partial charge in [-0.15, -0.1) is 0 Å². The van der Waals surface area contributed by atoms with Gasteiger partial charge in [-0.25, -0.2) is 0 Å². The molecule has 1 atom stereocenters. The zero-order valence-corrected chi connectivity index (χ0v) is 12.0. The number of rotatable bonds is 7. The van der Waals surface area contributed by atoms with Gasteiger partial charge in [0.1, 0.15) is 5.76 Å². The topological polar surface area (TPSA) is 28.4 Å². The Bertz CT molecular complexity index is 310. The molecule has 0 aliphatic carbocycles. The summed E-state index contributed by atoms with van der Waals surface area (Å²) >= 11 is 2.07.